The average molecular weight is 203 g/mol. The Labute approximate surface area is 85.8 Å². The number of rotatable bonds is 1. The van der Waals surface area contributed by atoms with Crippen LogP contribution in [-0.4, -0.2) is 31.2 Å². The number of fused-ring (bicyclic) bond motifs is 1. The van der Waals surface area contributed by atoms with Crippen LogP contribution in [0.15, 0.2) is 12.5 Å². The maximum absolute atomic E-state index is 8.51. The minimum absolute atomic E-state index is 0.149. The van der Waals surface area contributed by atoms with Crippen molar-refractivity contribution < 1.29 is 5.11 Å². The SMILES string of the molecule is Nc1ncc2ncn(CC#CCO)c2n1. The summed E-state index contributed by atoms with van der Waals surface area (Å²) in [5, 5.41) is 8.51. The first-order valence-corrected chi connectivity index (χ1v) is 4.31. The summed E-state index contributed by atoms with van der Waals surface area (Å²) in [6.45, 7) is 0.275. The van der Waals surface area contributed by atoms with E-state index in [1.54, 1.807) is 17.1 Å². The Balaban J connectivity index is 2.39. The molecule has 6 heteroatoms. The van der Waals surface area contributed by atoms with Crippen LogP contribution < -0.4 is 5.73 Å². The van der Waals surface area contributed by atoms with E-state index in [-0.39, 0.29) is 12.6 Å². The average Bonchev–Trinajstić information content (AvgIpc) is 2.62. The number of imidazole rings is 1. The number of aliphatic hydroxyl groups excluding tert-OH is 1. The van der Waals surface area contributed by atoms with Crippen LogP contribution in [0.2, 0.25) is 0 Å². The van der Waals surface area contributed by atoms with Crippen molar-refractivity contribution in [3.05, 3.63) is 12.5 Å². The molecule has 0 bridgehead atoms. The fourth-order valence-electron chi connectivity index (χ4n) is 1.18. The van der Waals surface area contributed by atoms with Crippen molar-refractivity contribution in [3.63, 3.8) is 0 Å². The molecule has 0 aliphatic heterocycles. The normalized spacial score (nSPS) is 9.93. The molecule has 2 aromatic rings. The van der Waals surface area contributed by atoms with Gasteiger partial charge in [-0.2, -0.15) is 4.98 Å². The Bertz CT molecular complexity index is 536. The van der Waals surface area contributed by atoms with Gasteiger partial charge in [-0.25, -0.2) is 9.97 Å². The molecule has 76 valence electrons. The van der Waals surface area contributed by atoms with E-state index in [2.05, 4.69) is 26.8 Å². The topological polar surface area (TPSA) is 89.8 Å². The Morgan fingerprint density at radius 1 is 1.40 bits per heavy atom. The van der Waals surface area contributed by atoms with E-state index in [0.29, 0.717) is 17.7 Å². The summed E-state index contributed by atoms with van der Waals surface area (Å²) in [5.41, 5.74) is 6.79. The summed E-state index contributed by atoms with van der Waals surface area (Å²) in [6.07, 6.45) is 3.18. The highest BCUT2D eigenvalue weighted by Crippen LogP contribution is 2.08. The fraction of sp³-hybridized carbons (Fsp3) is 0.222. The quantitative estimate of drug-likeness (QED) is 0.604. The van der Waals surface area contributed by atoms with Crippen molar-refractivity contribution in [3.8, 4) is 11.8 Å². The molecule has 15 heavy (non-hydrogen) atoms. The van der Waals surface area contributed by atoms with Crippen molar-refractivity contribution in [2.75, 3.05) is 12.3 Å². The molecule has 0 atom stereocenters. The van der Waals surface area contributed by atoms with Crippen molar-refractivity contribution in [2.45, 2.75) is 6.54 Å². The minimum atomic E-state index is -0.149. The third-order valence-corrected chi connectivity index (χ3v) is 1.83. The highest BCUT2D eigenvalue weighted by molar-refractivity contribution is 5.70. The smallest absolute Gasteiger partial charge is 0.222 e. The third kappa shape index (κ3) is 1.87. The van der Waals surface area contributed by atoms with Gasteiger partial charge in [-0.1, -0.05) is 11.8 Å². The van der Waals surface area contributed by atoms with Crippen LogP contribution in [0.25, 0.3) is 11.2 Å². The highest BCUT2D eigenvalue weighted by atomic mass is 16.2. The number of nitrogens with two attached hydrogens (primary N) is 1. The van der Waals surface area contributed by atoms with Gasteiger partial charge in [0.05, 0.1) is 19.1 Å². The van der Waals surface area contributed by atoms with E-state index in [1.165, 1.54) is 0 Å². The van der Waals surface area contributed by atoms with E-state index >= 15 is 0 Å². The van der Waals surface area contributed by atoms with E-state index in [1.807, 2.05) is 0 Å². The van der Waals surface area contributed by atoms with E-state index in [0.717, 1.165) is 0 Å². The molecule has 0 aliphatic rings. The van der Waals surface area contributed by atoms with Gasteiger partial charge in [0.15, 0.2) is 5.65 Å². The molecule has 0 amide bonds. The van der Waals surface area contributed by atoms with Crippen molar-refractivity contribution in [1.82, 2.24) is 19.5 Å². The van der Waals surface area contributed by atoms with Crippen LogP contribution >= 0.6 is 0 Å². The molecule has 2 heterocycles. The van der Waals surface area contributed by atoms with Gasteiger partial charge in [0.25, 0.3) is 0 Å². The number of nitrogens with zero attached hydrogens (tertiary/aromatic N) is 4. The first-order chi connectivity index (χ1) is 7.31. The zero-order valence-electron chi connectivity index (χ0n) is 7.88. The molecule has 0 saturated carbocycles. The van der Waals surface area contributed by atoms with Crippen LogP contribution in [0.4, 0.5) is 5.95 Å². The lowest BCUT2D eigenvalue weighted by Crippen LogP contribution is -1.99. The predicted molar refractivity (Wildman–Crippen MR) is 54.6 cm³/mol. The molecule has 0 radical (unpaired) electrons. The Hall–Kier alpha value is -2.13. The van der Waals surface area contributed by atoms with Crippen LogP contribution in [0, 0.1) is 11.8 Å². The number of nitrogen functional groups attached to an aromatic ring is 1. The van der Waals surface area contributed by atoms with Gasteiger partial charge in [0.2, 0.25) is 5.95 Å². The molecule has 0 fully saturated rings. The molecule has 0 saturated heterocycles. The summed E-state index contributed by atoms with van der Waals surface area (Å²) < 4.78 is 1.75. The molecule has 3 N–H and O–H groups in total. The highest BCUT2D eigenvalue weighted by Gasteiger charge is 2.03. The van der Waals surface area contributed by atoms with E-state index < -0.39 is 0 Å². The standard InChI is InChI=1S/C9H9N5O/c10-9-11-5-7-8(13-9)14(6-12-7)3-1-2-4-15/h5-6,15H,3-4H2,(H2,10,11,13). The fourth-order valence-corrected chi connectivity index (χ4v) is 1.18. The van der Waals surface area contributed by atoms with Crippen molar-refractivity contribution in [2.24, 2.45) is 0 Å². The Kier molecular flexibility index (Phi) is 2.48. The van der Waals surface area contributed by atoms with Gasteiger partial charge in [-0.15, -0.1) is 0 Å². The first kappa shape index (κ1) is 9.43. The van der Waals surface area contributed by atoms with Crippen molar-refractivity contribution in [1.29, 1.82) is 0 Å². The Morgan fingerprint density at radius 2 is 2.27 bits per heavy atom. The van der Waals surface area contributed by atoms with Crippen LogP contribution in [0.3, 0.4) is 0 Å². The zero-order valence-corrected chi connectivity index (χ0v) is 7.88. The molecule has 0 unspecified atom stereocenters. The number of aliphatic hydroxyl groups is 1. The second-order valence-corrected chi connectivity index (χ2v) is 2.82. The van der Waals surface area contributed by atoms with Crippen molar-refractivity contribution >= 4 is 17.1 Å². The summed E-state index contributed by atoms with van der Waals surface area (Å²) >= 11 is 0. The summed E-state index contributed by atoms with van der Waals surface area (Å²) in [5.74, 6) is 5.53. The van der Waals surface area contributed by atoms with Crippen LogP contribution in [-0.2, 0) is 6.54 Å². The largest absolute Gasteiger partial charge is 0.384 e. The van der Waals surface area contributed by atoms with E-state index in [4.69, 9.17) is 10.8 Å². The molecule has 2 aromatic heterocycles. The number of hydrogen-bond donors (Lipinski definition) is 2. The third-order valence-electron chi connectivity index (χ3n) is 1.83. The molecule has 2 rings (SSSR count). The van der Waals surface area contributed by atoms with Crippen LogP contribution in [0.1, 0.15) is 0 Å². The molecule has 0 spiro atoms. The molecular weight excluding hydrogens is 194 g/mol. The molecule has 0 aliphatic carbocycles. The number of aromatic nitrogens is 4. The van der Waals surface area contributed by atoms with Gasteiger partial charge in [-0.05, 0) is 0 Å². The van der Waals surface area contributed by atoms with Crippen LogP contribution in [0.5, 0.6) is 0 Å². The lowest BCUT2D eigenvalue weighted by molar-refractivity contribution is 0.350. The van der Waals surface area contributed by atoms with Gasteiger partial charge in [0.1, 0.15) is 12.1 Å². The molecular formula is C9H9N5O. The minimum Gasteiger partial charge on any atom is -0.384 e. The lowest BCUT2D eigenvalue weighted by Gasteiger charge is -1.96. The maximum atomic E-state index is 8.51. The predicted octanol–water partition coefficient (Wildman–Crippen LogP) is -0.596. The number of hydrogen-bond acceptors (Lipinski definition) is 5. The Morgan fingerprint density at radius 3 is 3.07 bits per heavy atom. The van der Waals surface area contributed by atoms with E-state index in [9.17, 15) is 0 Å². The monoisotopic (exact) mass is 203 g/mol. The van der Waals surface area contributed by atoms with Gasteiger partial charge >= 0.3 is 0 Å². The second-order valence-electron chi connectivity index (χ2n) is 2.82. The lowest BCUT2D eigenvalue weighted by atomic mass is 10.5. The zero-order chi connectivity index (χ0) is 10.7. The van der Waals surface area contributed by atoms with Gasteiger partial charge in [0, 0.05) is 0 Å². The molecule has 0 aromatic carbocycles. The van der Waals surface area contributed by atoms with Gasteiger partial charge in [-0.3, -0.25) is 0 Å². The number of anilines is 1. The second kappa shape index (κ2) is 3.94. The summed E-state index contributed by atoms with van der Waals surface area (Å²) in [7, 11) is 0. The first-order valence-electron chi connectivity index (χ1n) is 4.31. The summed E-state index contributed by atoms with van der Waals surface area (Å²) in [6, 6.07) is 0. The maximum Gasteiger partial charge on any atom is 0.222 e. The summed E-state index contributed by atoms with van der Waals surface area (Å²) in [4.78, 5) is 12.0. The van der Waals surface area contributed by atoms with Gasteiger partial charge < -0.3 is 15.4 Å². The molecule has 6 nitrogen and oxygen atoms in total.